The number of amides is 1. The molecule has 0 spiro atoms. The maximum atomic E-state index is 12.5. The van der Waals surface area contributed by atoms with Gasteiger partial charge in [0.25, 0.3) is 0 Å². The lowest BCUT2D eigenvalue weighted by Gasteiger charge is -2.45. The normalized spacial score (nSPS) is 31.7. The van der Waals surface area contributed by atoms with Crippen LogP contribution < -0.4 is 5.32 Å². The highest BCUT2D eigenvalue weighted by Crippen LogP contribution is 2.38. The van der Waals surface area contributed by atoms with E-state index >= 15 is 0 Å². The number of piperidine rings is 1. The van der Waals surface area contributed by atoms with E-state index in [1.165, 1.54) is 25.7 Å². The van der Waals surface area contributed by atoms with E-state index in [-0.39, 0.29) is 24.1 Å². The molecule has 0 bridgehead atoms. The number of aliphatic hydroxyl groups is 1. The fourth-order valence-corrected chi connectivity index (χ4v) is 3.80. The Labute approximate surface area is 122 Å². The molecule has 0 radical (unpaired) electrons. The lowest BCUT2D eigenvalue weighted by atomic mass is 9.72. The standard InChI is InChI=1S/C16H30N2O2/c1-16(2,3)17-15(20)14-10-12-6-4-5-7-13(12)11-18(14)8-9-19/h12-14,19H,4-11H2,1-3H3,(H,17,20). The van der Waals surface area contributed by atoms with Gasteiger partial charge in [0.15, 0.2) is 0 Å². The van der Waals surface area contributed by atoms with Crippen molar-refractivity contribution >= 4 is 5.91 Å². The number of rotatable bonds is 3. The molecular formula is C16H30N2O2. The summed E-state index contributed by atoms with van der Waals surface area (Å²) in [6.45, 7) is 7.80. The Hall–Kier alpha value is -0.610. The first-order valence-electron chi connectivity index (χ1n) is 8.07. The third-order valence-corrected chi connectivity index (χ3v) is 4.69. The highest BCUT2D eigenvalue weighted by atomic mass is 16.3. The summed E-state index contributed by atoms with van der Waals surface area (Å²) in [4.78, 5) is 14.7. The Balaban J connectivity index is 2.05. The van der Waals surface area contributed by atoms with Crippen molar-refractivity contribution in [3.05, 3.63) is 0 Å². The van der Waals surface area contributed by atoms with Crippen molar-refractivity contribution in [2.45, 2.75) is 64.5 Å². The molecule has 1 amide bonds. The van der Waals surface area contributed by atoms with Crippen LogP contribution in [0.3, 0.4) is 0 Å². The van der Waals surface area contributed by atoms with Crippen LogP contribution in [0.5, 0.6) is 0 Å². The van der Waals surface area contributed by atoms with Crippen molar-refractivity contribution in [1.82, 2.24) is 10.2 Å². The maximum Gasteiger partial charge on any atom is 0.237 e. The molecule has 3 atom stereocenters. The summed E-state index contributed by atoms with van der Waals surface area (Å²) in [5.41, 5.74) is -0.189. The van der Waals surface area contributed by atoms with Crippen LogP contribution in [0.15, 0.2) is 0 Å². The van der Waals surface area contributed by atoms with Gasteiger partial charge in [0.1, 0.15) is 0 Å². The van der Waals surface area contributed by atoms with E-state index < -0.39 is 0 Å². The predicted molar refractivity (Wildman–Crippen MR) is 80.4 cm³/mol. The van der Waals surface area contributed by atoms with Crippen LogP contribution in [0, 0.1) is 11.8 Å². The molecule has 1 aliphatic heterocycles. The van der Waals surface area contributed by atoms with Crippen molar-refractivity contribution in [3.63, 3.8) is 0 Å². The topological polar surface area (TPSA) is 52.6 Å². The number of carbonyl (C=O) groups excluding carboxylic acids is 1. The van der Waals surface area contributed by atoms with Gasteiger partial charge in [0, 0.05) is 18.6 Å². The number of nitrogens with zero attached hydrogens (tertiary/aromatic N) is 1. The van der Waals surface area contributed by atoms with E-state index in [0.717, 1.165) is 18.9 Å². The van der Waals surface area contributed by atoms with E-state index in [1.807, 2.05) is 20.8 Å². The molecule has 1 aliphatic carbocycles. The Morgan fingerprint density at radius 1 is 1.25 bits per heavy atom. The predicted octanol–water partition coefficient (Wildman–Crippen LogP) is 1.77. The minimum Gasteiger partial charge on any atom is -0.395 e. The molecule has 2 fully saturated rings. The monoisotopic (exact) mass is 282 g/mol. The van der Waals surface area contributed by atoms with Gasteiger partial charge in [-0.25, -0.2) is 0 Å². The summed E-state index contributed by atoms with van der Waals surface area (Å²) in [5, 5.41) is 12.4. The highest BCUT2D eigenvalue weighted by molar-refractivity contribution is 5.82. The second-order valence-electron chi connectivity index (χ2n) is 7.51. The van der Waals surface area contributed by atoms with E-state index in [0.29, 0.717) is 12.5 Å². The highest BCUT2D eigenvalue weighted by Gasteiger charge is 2.40. The third kappa shape index (κ3) is 3.95. The summed E-state index contributed by atoms with van der Waals surface area (Å²) < 4.78 is 0. The average Bonchev–Trinajstić information content (AvgIpc) is 2.36. The number of carbonyl (C=O) groups is 1. The molecule has 1 saturated carbocycles. The molecule has 0 aromatic heterocycles. The quantitative estimate of drug-likeness (QED) is 0.829. The lowest BCUT2D eigenvalue weighted by Crippen LogP contribution is -2.57. The smallest absolute Gasteiger partial charge is 0.237 e. The zero-order chi connectivity index (χ0) is 14.8. The SMILES string of the molecule is CC(C)(C)NC(=O)C1CC2CCCCC2CN1CCO. The van der Waals surface area contributed by atoms with Gasteiger partial charge >= 0.3 is 0 Å². The van der Waals surface area contributed by atoms with Crippen LogP contribution in [0.25, 0.3) is 0 Å². The number of aliphatic hydroxyl groups excluding tert-OH is 1. The third-order valence-electron chi connectivity index (χ3n) is 4.69. The Kier molecular flexibility index (Phi) is 5.08. The molecule has 2 rings (SSSR count). The molecule has 116 valence electrons. The first-order valence-corrected chi connectivity index (χ1v) is 8.07. The molecule has 3 unspecified atom stereocenters. The second-order valence-corrected chi connectivity index (χ2v) is 7.51. The van der Waals surface area contributed by atoms with E-state index in [9.17, 15) is 9.90 Å². The lowest BCUT2D eigenvalue weighted by molar-refractivity contribution is -0.131. The summed E-state index contributed by atoms with van der Waals surface area (Å²) in [7, 11) is 0. The molecule has 2 aliphatic rings. The molecule has 4 nitrogen and oxygen atoms in total. The number of β-amino-alcohol motifs (C(OH)–C–C–N with tert-alkyl or cyclic N) is 1. The van der Waals surface area contributed by atoms with Gasteiger partial charge in [0.2, 0.25) is 5.91 Å². The number of hydrogen-bond acceptors (Lipinski definition) is 3. The van der Waals surface area contributed by atoms with Crippen LogP contribution in [0.4, 0.5) is 0 Å². The van der Waals surface area contributed by atoms with Gasteiger partial charge < -0.3 is 10.4 Å². The minimum atomic E-state index is -0.189. The summed E-state index contributed by atoms with van der Waals surface area (Å²) in [6.07, 6.45) is 6.17. The van der Waals surface area contributed by atoms with Crippen LogP contribution in [-0.4, -0.2) is 47.2 Å². The van der Waals surface area contributed by atoms with E-state index in [4.69, 9.17) is 0 Å². The summed E-state index contributed by atoms with van der Waals surface area (Å²) >= 11 is 0. The van der Waals surface area contributed by atoms with Crippen LogP contribution in [-0.2, 0) is 4.79 Å². The summed E-state index contributed by atoms with van der Waals surface area (Å²) in [5.74, 6) is 1.57. The molecule has 20 heavy (non-hydrogen) atoms. The Bertz CT molecular complexity index is 338. The maximum absolute atomic E-state index is 12.5. The second kappa shape index (κ2) is 6.44. The molecule has 0 aromatic rings. The van der Waals surface area contributed by atoms with Crippen molar-refractivity contribution in [3.8, 4) is 0 Å². The average molecular weight is 282 g/mol. The Morgan fingerprint density at radius 3 is 2.50 bits per heavy atom. The van der Waals surface area contributed by atoms with Crippen LogP contribution >= 0.6 is 0 Å². The fourth-order valence-electron chi connectivity index (χ4n) is 3.80. The van der Waals surface area contributed by atoms with Crippen molar-refractivity contribution < 1.29 is 9.90 Å². The number of fused-ring (bicyclic) bond motifs is 1. The zero-order valence-electron chi connectivity index (χ0n) is 13.2. The van der Waals surface area contributed by atoms with Gasteiger partial charge in [-0.2, -0.15) is 0 Å². The largest absolute Gasteiger partial charge is 0.395 e. The van der Waals surface area contributed by atoms with Crippen molar-refractivity contribution in [2.24, 2.45) is 11.8 Å². The molecule has 1 saturated heterocycles. The number of hydrogen-bond donors (Lipinski definition) is 2. The zero-order valence-corrected chi connectivity index (χ0v) is 13.2. The first kappa shape index (κ1) is 15.8. The van der Waals surface area contributed by atoms with Gasteiger partial charge in [-0.1, -0.05) is 19.3 Å². The summed E-state index contributed by atoms with van der Waals surface area (Å²) in [6, 6.07) is -0.0549. The van der Waals surface area contributed by atoms with Gasteiger partial charge in [-0.05, 0) is 45.4 Å². The van der Waals surface area contributed by atoms with Crippen molar-refractivity contribution in [2.75, 3.05) is 19.7 Å². The fraction of sp³-hybridized carbons (Fsp3) is 0.938. The molecule has 4 heteroatoms. The van der Waals surface area contributed by atoms with Gasteiger partial charge in [-0.15, -0.1) is 0 Å². The van der Waals surface area contributed by atoms with E-state index in [2.05, 4.69) is 10.2 Å². The minimum absolute atomic E-state index is 0.0549. The van der Waals surface area contributed by atoms with Crippen LogP contribution in [0.1, 0.15) is 52.9 Å². The number of nitrogens with one attached hydrogen (secondary N) is 1. The molecule has 1 heterocycles. The van der Waals surface area contributed by atoms with Gasteiger partial charge in [0.05, 0.1) is 12.6 Å². The van der Waals surface area contributed by atoms with Crippen LogP contribution in [0.2, 0.25) is 0 Å². The van der Waals surface area contributed by atoms with Crippen molar-refractivity contribution in [1.29, 1.82) is 0 Å². The Morgan fingerprint density at radius 2 is 1.90 bits per heavy atom. The molecular weight excluding hydrogens is 252 g/mol. The van der Waals surface area contributed by atoms with E-state index in [1.54, 1.807) is 0 Å². The van der Waals surface area contributed by atoms with Gasteiger partial charge in [-0.3, -0.25) is 9.69 Å². The molecule has 0 aromatic carbocycles. The number of likely N-dealkylation sites (tertiary alicyclic amines) is 1. The first-order chi connectivity index (χ1) is 9.40. The molecule has 2 N–H and O–H groups in total.